The van der Waals surface area contributed by atoms with E-state index in [1.165, 1.54) is 15.6 Å². The molecular formula is C17H20NSe2-. The summed E-state index contributed by atoms with van der Waals surface area (Å²) in [5.41, 5.74) is 2.81. The second kappa shape index (κ2) is 7.45. The molecule has 0 bridgehead atoms. The summed E-state index contributed by atoms with van der Waals surface area (Å²) in [6, 6.07) is 20.3. The van der Waals surface area contributed by atoms with Crippen LogP contribution < -0.4 is 4.46 Å². The van der Waals surface area contributed by atoms with E-state index in [0.29, 0.717) is 25.2 Å². The first-order valence-electron chi connectivity index (χ1n) is 6.80. The van der Waals surface area contributed by atoms with E-state index in [2.05, 4.69) is 94.6 Å². The molecule has 106 valence electrons. The maximum absolute atomic E-state index is 3.20. The summed E-state index contributed by atoms with van der Waals surface area (Å²) in [5.74, 6) is 0. The fourth-order valence-corrected chi connectivity index (χ4v) is 5.06. The fourth-order valence-electron chi connectivity index (χ4n) is 2.42. The van der Waals surface area contributed by atoms with Crippen LogP contribution >= 0.6 is 0 Å². The van der Waals surface area contributed by atoms with Crippen LogP contribution in [0.5, 0.6) is 0 Å². The van der Waals surface area contributed by atoms with E-state index in [0.717, 1.165) is 0 Å². The van der Waals surface area contributed by atoms with Crippen molar-refractivity contribution < 1.29 is 0 Å². The molecule has 0 aliphatic carbocycles. The van der Waals surface area contributed by atoms with Gasteiger partial charge >= 0.3 is 135 Å². The van der Waals surface area contributed by atoms with Crippen molar-refractivity contribution >= 4 is 31.8 Å². The minimum absolute atomic E-state index is 0.410. The van der Waals surface area contributed by atoms with E-state index in [-0.39, 0.29) is 0 Å². The van der Waals surface area contributed by atoms with Crippen molar-refractivity contribution in [2.24, 2.45) is 0 Å². The second-order valence-corrected chi connectivity index (χ2v) is 8.14. The summed E-state index contributed by atoms with van der Waals surface area (Å²) >= 11 is 3.62. The molecule has 20 heavy (non-hydrogen) atoms. The van der Waals surface area contributed by atoms with Crippen molar-refractivity contribution in [3.8, 4) is 0 Å². The molecule has 0 aliphatic rings. The SMILES string of the molecule is C[C@H](c1ccccc1)N(C)[C@@H](C)c1ccccc1[Se][Se-]. The number of nitrogens with zero attached hydrogens (tertiary/aromatic N) is 1. The standard InChI is InChI=1S/C17H21NSe2/c1-13(15-9-5-4-6-10-15)18(3)14(2)16-11-7-8-12-17(16)20-19/h4-14,19H,1-3H3/p-1/t13-,14+/m1/s1. The van der Waals surface area contributed by atoms with Crippen LogP contribution in [0.25, 0.3) is 0 Å². The van der Waals surface area contributed by atoms with Gasteiger partial charge in [-0.05, 0) is 0 Å². The molecule has 0 spiro atoms. The van der Waals surface area contributed by atoms with Crippen LogP contribution in [0.4, 0.5) is 0 Å². The molecule has 0 radical (unpaired) electrons. The predicted octanol–water partition coefficient (Wildman–Crippen LogP) is 2.85. The zero-order valence-electron chi connectivity index (χ0n) is 12.1. The van der Waals surface area contributed by atoms with Crippen LogP contribution in [0.1, 0.15) is 37.1 Å². The summed E-state index contributed by atoms with van der Waals surface area (Å²) in [7, 11) is 2.21. The van der Waals surface area contributed by atoms with E-state index >= 15 is 0 Å². The molecule has 2 aromatic rings. The number of benzene rings is 2. The van der Waals surface area contributed by atoms with Gasteiger partial charge in [0.1, 0.15) is 0 Å². The summed E-state index contributed by atoms with van der Waals surface area (Å²) in [6.45, 7) is 4.57. The van der Waals surface area contributed by atoms with Crippen molar-refractivity contribution in [1.29, 1.82) is 0 Å². The summed E-state index contributed by atoms with van der Waals surface area (Å²) < 4.78 is 1.46. The normalized spacial score (nSPS) is 14.2. The van der Waals surface area contributed by atoms with Gasteiger partial charge in [0.15, 0.2) is 0 Å². The molecule has 0 aromatic heterocycles. The number of hydrogen-bond acceptors (Lipinski definition) is 1. The Hall–Kier alpha value is -0.561. The van der Waals surface area contributed by atoms with Gasteiger partial charge in [-0.15, -0.1) is 0 Å². The summed E-state index contributed by atoms with van der Waals surface area (Å²) in [6.07, 6.45) is 0. The Bertz CT molecular complexity index is 542. The van der Waals surface area contributed by atoms with Crippen LogP contribution in [0.15, 0.2) is 54.6 Å². The molecule has 0 saturated carbocycles. The van der Waals surface area contributed by atoms with Crippen molar-refractivity contribution in [1.82, 2.24) is 4.90 Å². The van der Waals surface area contributed by atoms with Crippen LogP contribution in [0.2, 0.25) is 0 Å². The molecule has 1 nitrogen and oxygen atoms in total. The molecule has 0 unspecified atom stereocenters. The molecule has 0 saturated heterocycles. The third-order valence-corrected chi connectivity index (χ3v) is 7.08. The fraction of sp³-hybridized carbons (Fsp3) is 0.294. The van der Waals surface area contributed by atoms with Gasteiger partial charge in [-0.1, -0.05) is 0 Å². The first kappa shape index (κ1) is 15.8. The van der Waals surface area contributed by atoms with Gasteiger partial charge in [-0.3, -0.25) is 0 Å². The van der Waals surface area contributed by atoms with Crippen molar-refractivity contribution in [3.63, 3.8) is 0 Å². The van der Waals surface area contributed by atoms with E-state index in [9.17, 15) is 0 Å². The van der Waals surface area contributed by atoms with Gasteiger partial charge in [-0.25, -0.2) is 0 Å². The molecule has 2 atom stereocenters. The molecule has 0 aliphatic heterocycles. The quantitative estimate of drug-likeness (QED) is 0.703. The first-order chi connectivity index (χ1) is 9.65. The second-order valence-electron chi connectivity index (χ2n) is 5.05. The molecule has 2 aromatic carbocycles. The Kier molecular flexibility index (Phi) is 5.89. The number of hydrogen-bond donors (Lipinski definition) is 0. The molecule has 3 heteroatoms. The Balaban J connectivity index is 2.22. The van der Waals surface area contributed by atoms with Crippen LogP contribution in [-0.4, -0.2) is 39.3 Å². The van der Waals surface area contributed by atoms with Gasteiger partial charge in [0.25, 0.3) is 0 Å². The van der Waals surface area contributed by atoms with E-state index in [1.54, 1.807) is 0 Å². The van der Waals surface area contributed by atoms with Gasteiger partial charge in [-0.2, -0.15) is 0 Å². The van der Waals surface area contributed by atoms with E-state index < -0.39 is 0 Å². The van der Waals surface area contributed by atoms with Gasteiger partial charge in [0.05, 0.1) is 0 Å². The van der Waals surface area contributed by atoms with Gasteiger partial charge in [0.2, 0.25) is 0 Å². The Morgan fingerprint density at radius 1 is 0.900 bits per heavy atom. The Morgan fingerprint density at radius 2 is 1.50 bits per heavy atom. The van der Waals surface area contributed by atoms with Gasteiger partial charge < -0.3 is 0 Å². The average molecular weight is 396 g/mol. The van der Waals surface area contributed by atoms with Crippen LogP contribution in [-0.2, 0) is 0 Å². The summed E-state index contributed by atoms with van der Waals surface area (Å²) in [5, 5.41) is 0. The molecule has 0 heterocycles. The van der Waals surface area contributed by atoms with Crippen molar-refractivity contribution in [2.45, 2.75) is 25.9 Å². The molecular weight excluding hydrogens is 376 g/mol. The third-order valence-electron chi connectivity index (χ3n) is 3.96. The predicted molar refractivity (Wildman–Crippen MR) is 88.6 cm³/mol. The molecule has 0 N–H and O–H groups in total. The number of rotatable bonds is 5. The molecule has 2 rings (SSSR count). The average Bonchev–Trinajstić information content (AvgIpc) is 2.53. The van der Waals surface area contributed by atoms with Crippen LogP contribution in [0.3, 0.4) is 0 Å². The van der Waals surface area contributed by atoms with Gasteiger partial charge in [0, 0.05) is 0 Å². The van der Waals surface area contributed by atoms with Crippen LogP contribution in [0, 0.1) is 0 Å². The molecule has 0 fully saturated rings. The van der Waals surface area contributed by atoms with E-state index in [1.807, 2.05) is 0 Å². The molecule has 0 amide bonds. The maximum atomic E-state index is 3.20. The summed E-state index contributed by atoms with van der Waals surface area (Å²) in [4.78, 5) is 2.44. The Morgan fingerprint density at radius 3 is 2.15 bits per heavy atom. The van der Waals surface area contributed by atoms with Crippen molar-refractivity contribution in [2.75, 3.05) is 7.05 Å². The third kappa shape index (κ3) is 3.55. The first-order valence-corrected chi connectivity index (χ1v) is 12.0. The minimum atomic E-state index is 0.410. The van der Waals surface area contributed by atoms with Crippen molar-refractivity contribution in [3.05, 3.63) is 65.7 Å². The monoisotopic (exact) mass is 398 g/mol. The zero-order chi connectivity index (χ0) is 14.5. The Labute approximate surface area is 135 Å². The topological polar surface area (TPSA) is 3.24 Å². The zero-order valence-corrected chi connectivity index (χ0v) is 15.5. The van der Waals surface area contributed by atoms with E-state index in [4.69, 9.17) is 0 Å².